The van der Waals surface area contributed by atoms with E-state index >= 15 is 0 Å². The van der Waals surface area contributed by atoms with Crippen LogP contribution in [0.4, 0.5) is 0 Å². The Labute approximate surface area is 143 Å². The van der Waals surface area contributed by atoms with Crippen LogP contribution in [0.1, 0.15) is 18.1 Å². The molecule has 1 aromatic rings. The van der Waals surface area contributed by atoms with Gasteiger partial charge in [-0.25, -0.2) is 0 Å². The predicted octanol–water partition coefficient (Wildman–Crippen LogP) is 3.02. The zero-order chi connectivity index (χ0) is 16.3. The van der Waals surface area contributed by atoms with Gasteiger partial charge < -0.3 is 9.80 Å². The van der Waals surface area contributed by atoms with Gasteiger partial charge in [0, 0.05) is 29.1 Å². The van der Waals surface area contributed by atoms with E-state index in [1.165, 1.54) is 11.0 Å². The van der Waals surface area contributed by atoms with Gasteiger partial charge in [0.25, 0.3) is 0 Å². The number of nitrogens with zero attached hydrogens (tertiary/aromatic N) is 2. The van der Waals surface area contributed by atoms with Crippen LogP contribution in [0, 0.1) is 0 Å². The van der Waals surface area contributed by atoms with Gasteiger partial charge in [-0.3, -0.25) is 9.59 Å². The van der Waals surface area contributed by atoms with Gasteiger partial charge in [-0.15, -0.1) is 0 Å². The third kappa shape index (κ3) is 3.70. The van der Waals surface area contributed by atoms with Gasteiger partial charge in [-0.2, -0.15) is 0 Å². The van der Waals surface area contributed by atoms with E-state index < -0.39 is 0 Å². The van der Waals surface area contributed by atoms with E-state index in [4.69, 9.17) is 11.6 Å². The molecule has 1 aliphatic heterocycles. The molecule has 0 unspecified atom stereocenters. The summed E-state index contributed by atoms with van der Waals surface area (Å²) >= 11 is 9.56. The van der Waals surface area contributed by atoms with Crippen LogP contribution in [0.2, 0.25) is 5.02 Å². The SMILES string of the molecule is C=CC(=O)N(CC)CC(=O)N1CCc2cc(Cl)cc(Br)c2C1. The first-order valence-corrected chi connectivity index (χ1v) is 8.29. The molecule has 1 heterocycles. The molecule has 6 heteroatoms. The lowest BCUT2D eigenvalue weighted by atomic mass is 10.00. The number of rotatable bonds is 4. The third-order valence-corrected chi connectivity index (χ3v) is 4.73. The number of carbonyl (C=O) groups excluding carboxylic acids is 2. The maximum Gasteiger partial charge on any atom is 0.246 e. The zero-order valence-electron chi connectivity index (χ0n) is 12.4. The Bertz CT molecular complexity index is 618. The molecule has 4 nitrogen and oxygen atoms in total. The maximum absolute atomic E-state index is 12.4. The summed E-state index contributed by atoms with van der Waals surface area (Å²) in [5.74, 6) is -0.272. The number of hydrogen-bond acceptors (Lipinski definition) is 2. The van der Waals surface area contributed by atoms with E-state index in [2.05, 4.69) is 22.5 Å². The smallest absolute Gasteiger partial charge is 0.246 e. The fourth-order valence-electron chi connectivity index (χ4n) is 2.53. The van der Waals surface area contributed by atoms with Crippen molar-refractivity contribution in [3.63, 3.8) is 0 Å². The second-order valence-electron chi connectivity index (χ2n) is 5.15. The van der Waals surface area contributed by atoms with Crippen LogP contribution in [-0.2, 0) is 22.6 Å². The minimum atomic E-state index is -0.221. The lowest BCUT2D eigenvalue weighted by molar-refractivity contribution is -0.138. The number of halogens is 2. The Balaban J connectivity index is 2.10. The van der Waals surface area contributed by atoms with Gasteiger partial charge >= 0.3 is 0 Å². The summed E-state index contributed by atoms with van der Waals surface area (Å²) in [6, 6.07) is 3.79. The molecular formula is C16H18BrClN2O2. The predicted molar refractivity (Wildman–Crippen MR) is 90.7 cm³/mol. The molecule has 0 atom stereocenters. The Morgan fingerprint density at radius 3 is 2.86 bits per heavy atom. The van der Waals surface area contributed by atoms with Crippen LogP contribution in [0.3, 0.4) is 0 Å². The molecular weight excluding hydrogens is 368 g/mol. The standard InChI is InChI=1S/C16H18BrClN2O2/c1-3-15(21)19(4-2)10-16(22)20-6-5-11-7-12(18)8-14(17)13(11)9-20/h3,7-8H,1,4-6,9-10H2,2H3. The molecule has 0 fully saturated rings. The molecule has 0 bridgehead atoms. The molecule has 22 heavy (non-hydrogen) atoms. The van der Waals surface area contributed by atoms with E-state index in [1.807, 2.05) is 19.1 Å². The monoisotopic (exact) mass is 384 g/mol. The topological polar surface area (TPSA) is 40.6 Å². The summed E-state index contributed by atoms with van der Waals surface area (Å²) < 4.78 is 0.919. The fraction of sp³-hybridized carbons (Fsp3) is 0.375. The van der Waals surface area contributed by atoms with E-state index in [9.17, 15) is 9.59 Å². The number of carbonyl (C=O) groups is 2. The fourth-order valence-corrected chi connectivity index (χ4v) is 3.53. The highest BCUT2D eigenvalue weighted by Crippen LogP contribution is 2.30. The summed E-state index contributed by atoms with van der Waals surface area (Å²) in [6.45, 7) is 7.05. The summed E-state index contributed by atoms with van der Waals surface area (Å²) in [5, 5.41) is 0.694. The Kier molecular flexibility index (Phi) is 5.64. The average Bonchev–Trinajstić information content (AvgIpc) is 2.51. The Morgan fingerprint density at radius 1 is 1.50 bits per heavy atom. The normalized spacial score (nSPS) is 13.5. The van der Waals surface area contributed by atoms with Crippen molar-refractivity contribution in [3.05, 3.63) is 45.4 Å². The van der Waals surface area contributed by atoms with Crippen LogP contribution in [0.15, 0.2) is 29.3 Å². The molecule has 0 N–H and O–H groups in total. The maximum atomic E-state index is 12.4. The van der Waals surface area contributed by atoms with Crippen molar-refractivity contribution in [2.45, 2.75) is 19.9 Å². The zero-order valence-corrected chi connectivity index (χ0v) is 14.8. The molecule has 0 aliphatic carbocycles. The first-order valence-electron chi connectivity index (χ1n) is 7.12. The highest BCUT2D eigenvalue weighted by atomic mass is 79.9. The third-order valence-electron chi connectivity index (χ3n) is 3.80. The summed E-state index contributed by atoms with van der Waals surface area (Å²) in [4.78, 5) is 27.4. The minimum Gasteiger partial charge on any atom is -0.336 e. The molecule has 1 aromatic carbocycles. The van der Waals surface area contributed by atoms with Gasteiger partial charge in [0.15, 0.2) is 0 Å². The summed E-state index contributed by atoms with van der Waals surface area (Å²) in [5.41, 5.74) is 2.25. The van der Waals surface area contributed by atoms with E-state index in [-0.39, 0.29) is 18.4 Å². The van der Waals surface area contributed by atoms with Gasteiger partial charge in [-0.05, 0) is 42.7 Å². The number of likely N-dealkylation sites (N-methyl/N-ethyl adjacent to an activating group) is 1. The van der Waals surface area contributed by atoms with Gasteiger partial charge in [0.05, 0.1) is 0 Å². The first kappa shape index (κ1) is 17.0. The van der Waals surface area contributed by atoms with E-state index in [1.54, 1.807) is 4.90 Å². The van der Waals surface area contributed by atoms with Gasteiger partial charge in [0.1, 0.15) is 6.54 Å². The molecule has 2 rings (SSSR count). The van der Waals surface area contributed by atoms with Gasteiger partial charge in [0.2, 0.25) is 11.8 Å². The van der Waals surface area contributed by atoms with Crippen molar-refractivity contribution < 1.29 is 9.59 Å². The molecule has 0 radical (unpaired) electrons. The highest BCUT2D eigenvalue weighted by Gasteiger charge is 2.24. The van der Waals surface area contributed by atoms with Crippen LogP contribution in [-0.4, -0.2) is 41.2 Å². The van der Waals surface area contributed by atoms with Crippen molar-refractivity contribution >= 4 is 39.3 Å². The van der Waals surface area contributed by atoms with Crippen molar-refractivity contribution in [3.8, 4) is 0 Å². The molecule has 0 spiro atoms. The molecule has 0 aromatic heterocycles. The average molecular weight is 386 g/mol. The summed E-state index contributed by atoms with van der Waals surface area (Å²) in [7, 11) is 0. The second kappa shape index (κ2) is 7.29. The number of hydrogen-bond donors (Lipinski definition) is 0. The first-order chi connectivity index (χ1) is 10.5. The summed E-state index contributed by atoms with van der Waals surface area (Å²) in [6.07, 6.45) is 2.00. The van der Waals surface area contributed by atoms with Crippen LogP contribution >= 0.6 is 27.5 Å². The molecule has 1 aliphatic rings. The van der Waals surface area contributed by atoms with Crippen molar-refractivity contribution in [1.82, 2.24) is 9.80 Å². The molecule has 118 valence electrons. The van der Waals surface area contributed by atoms with Crippen LogP contribution in [0.5, 0.6) is 0 Å². The second-order valence-corrected chi connectivity index (χ2v) is 6.44. The number of benzene rings is 1. The van der Waals surface area contributed by atoms with Gasteiger partial charge in [-0.1, -0.05) is 34.1 Å². The van der Waals surface area contributed by atoms with Crippen LogP contribution in [0.25, 0.3) is 0 Å². The molecule has 0 saturated heterocycles. The minimum absolute atomic E-state index is 0.0513. The van der Waals surface area contributed by atoms with Crippen LogP contribution < -0.4 is 0 Å². The number of amides is 2. The van der Waals surface area contributed by atoms with E-state index in [0.29, 0.717) is 24.7 Å². The quantitative estimate of drug-likeness (QED) is 0.748. The van der Waals surface area contributed by atoms with Crippen molar-refractivity contribution in [2.75, 3.05) is 19.6 Å². The highest BCUT2D eigenvalue weighted by molar-refractivity contribution is 9.10. The lowest BCUT2D eigenvalue weighted by Gasteiger charge is -2.31. The Morgan fingerprint density at radius 2 is 2.23 bits per heavy atom. The van der Waals surface area contributed by atoms with Crippen molar-refractivity contribution in [2.24, 2.45) is 0 Å². The van der Waals surface area contributed by atoms with Crippen molar-refractivity contribution in [1.29, 1.82) is 0 Å². The molecule has 0 saturated carbocycles. The Hall–Kier alpha value is -1.33. The lowest BCUT2D eigenvalue weighted by Crippen LogP contribution is -2.44. The number of fused-ring (bicyclic) bond motifs is 1. The van der Waals surface area contributed by atoms with E-state index in [0.717, 1.165) is 22.0 Å². The largest absolute Gasteiger partial charge is 0.336 e. The molecule has 2 amide bonds.